The molecule has 0 saturated heterocycles. The SMILES string of the molecule is CCCCCCCC[C@H]1CCC2C3=C(CC[C@@]21C)C1CC[C@H](O)CC1=CC3. The maximum atomic E-state index is 10.1. The molecule has 2 saturated carbocycles. The number of allylic oxidation sites excluding steroid dienone is 3. The summed E-state index contributed by atoms with van der Waals surface area (Å²) in [5.74, 6) is 2.55. The Morgan fingerprint density at radius 1 is 1.00 bits per heavy atom. The van der Waals surface area contributed by atoms with E-state index >= 15 is 0 Å². The largest absolute Gasteiger partial charge is 0.393 e. The lowest BCUT2D eigenvalue weighted by molar-refractivity contribution is 0.122. The number of fused-ring (bicyclic) bond motifs is 4. The molecule has 0 aliphatic heterocycles. The van der Waals surface area contributed by atoms with E-state index in [9.17, 15) is 5.11 Å². The Kier molecular flexibility index (Phi) is 6.17. The summed E-state index contributed by atoms with van der Waals surface area (Å²) in [7, 11) is 0. The number of rotatable bonds is 7. The van der Waals surface area contributed by atoms with Crippen molar-refractivity contribution in [1.29, 1.82) is 0 Å². The van der Waals surface area contributed by atoms with Crippen LogP contribution in [-0.4, -0.2) is 11.2 Å². The molecule has 0 aromatic heterocycles. The van der Waals surface area contributed by atoms with Gasteiger partial charge in [0.2, 0.25) is 0 Å². The van der Waals surface area contributed by atoms with Crippen molar-refractivity contribution in [3.05, 3.63) is 22.8 Å². The van der Waals surface area contributed by atoms with Crippen molar-refractivity contribution in [2.45, 2.75) is 116 Å². The minimum Gasteiger partial charge on any atom is -0.393 e. The van der Waals surface area contributed by atoms with Crippen LogP contribution in [0, 0.1) is 23.2 Å². The van der Waals surface area contributed by atoms with Crippen LogP contribution in [0.1, 0.15) is 110 Å². The van der Waals surface area contributed by atoms with Gasteiger partial charge in [-0.1, -0.05) is 75.2 Å². The van der Waals surface area contributed by atoms with E-state index in [0.29, 0.717) is 11.3 Å². The van der Waals surface area contributed by atoms with E-state index in [4.69, 9.17) is 0 Å². The summed E-state index contributed by atoms with van der Waals surface area (Å²) in [6.07, 6.45) is 22.6. The van der Waals surface area contributed by atoms with Crippen molar-refractivity contribution in [3.8, 4) is 0 Å². The van der Waals surface area contributed by atoms with Crippen molar-refractivity contribution < 1.29 is 5.11 Å². The number of aliphatic hydroxyl groups excluding tert-OH is 1. The monoisotopic (exact) mass is 370 g/mol. The molecule has 2 unspecified atom stereocenters. The van der Waals surface area contributed by atoms with Gasteiger partial charge >= 0.3 is 0 Å². The van der Waals surface area contributed by atoms with Crippen LogP contribution in [-0.2, 0) is 0 Å². The lowest BCUT2D eigenvalue weighted by Gasteiger charge is -2.47. The number of unbranched alkanes of at least 4 members (excludes halogenated alkanes) is 5. The fraction of sp³-hybridized carbons (Fsp3) is 0.846. The molecule has 1 nitrogen and oxygen atoms in total. The first-order chi connectivity index (χ1) is 13.1. The Labute approximate surface area is 167 Å². The topological polar surface area (TPSA) is 20.2 Å². The summed E-state index contributed by atoms with van der Waals surface area (Å²) >= 11 is 0. The average molecular weight is 371 g/mol. The molecular weight excluding hydrogens is 328 g/mol. The Hall–Kier alpha value is -0.560. The van der Waals surface area contributed by atoms with Gasteiger partial charge in [0.25, 0.3) is 0 Å². The van der Waals surface area contributed by atoms with Crippen LogP contribution in [0.25, 0.3) is 0 Å². The van der Waals surface area contributed by atoms with Crippen LogP contribution in [0.5, 0.6) is 0 Å². The quantitative estimate of drug-likeness (QED) is 0.367. The van der Waals surface area contributed by atoms with Gasteiger partial charge in [-0.05, 0) is 75.0 Å². The molecule has 0 radical (unpaired) electrons. The standard InChI is InChI=1S/C26H42O/c1-3-4-5-6-7-8-9-20-11-15-25-24-13-10-19-18-21(27)12-14-22(19)23(24)16-17-26(20,25)2/h10,20-22,25,27H,3-9,11-18H2,1-2H3/t20-,21-,22?,25?,26+/m0/s1. The summed E-state index contributed by atoms with van der Waals surface area (Å²) in [5.41, 5.74) is 5.86. The predicted molar refractivity (Wildman–Crippen MR) is 115 cm³/mol. The minimum absolute atomic E-state index is 0.0725. The highest BCUT2D eigenvalue weighted by molar-refractivity contribution is 5.39. The van der Waals surface area contributed by atoms with Crippen LogP contribution < -0.4 is 0 Å². The second-order valence-electron chi connectivity index (χ2n) is 10.4. The highest BCUT2D eigenvalue weighted by atomic mass is 16.3. The molecule has 0 aromatic carbocycles. The summed E-state index contributed by atoms with van der Waals surface area (Å²) in [6.45, 7) is 4.96. The smallest absolute Gasteiger partial charge is 0.0577 e. The maximum Gasteiger partial charge on any atom is 0.0577 e. The molecule has 2 fully saturated rings. The van der Waals surface area contributed by atoms with Gasteiger partial charge in [-0.3, -0.25) is 0 Å². The van der Waals surface area contributed by atoms with Crippen LogP contribution >= 0.6 is 0 Å². The van der Waals surface area contributed by atoms with Gasteiger partial charge in [-0.15, -0.1) is 0 Å². The predicted octanol–water partition coefficient (Wildman–Crippen LogP) is 7.35. The zero-order valence-corrected chi connectivity index (χ0v) is 17.9. The van der Waals surface area contributed by atoms with Crippen molar-refractivity contribution >= 4 is 0 Å². The van der Waals surface area contributed by atoms with Gasteiger partial charge in [0, 0.05) is 5.92 Å². The van der Waals surface area contributed by atoms with E-state index in [1.165, 1.54) is 83.5 Å². The Morgan fingerprint density at radius 3 is 2.67 bits per heavy atom. The molecule has 4 aliphatic carbocycles. The van der Waals surface area contributed by atoms with Gasteiger partial charge in [-0.25, -0.2) is 0 Å². The molecule has 0 spiro atoms. The van der Waals surface area contributed by atoms with Crippen molar-refractivity contribution in [2.24, 2.45) is 23.2 Å². The molecule has 0 amide bonds. The van der Waals surface area contributed by atoms with E-state index in [2.05, 4.69) is 19.9 Å². The first-order valence-corrected chi connectivity index (χ1v) is 12.2. The number of aliphatic hydroxyl groups is 1. The fourth-order valence-electron chi connectivity index (χ4n) is 7.29. The third kappa shape index (κ3) is 3.83. The van der Waals surface area contributed by atoms with E-state index in [1.807, 2.05) is 11.1 Å². The molecule has 5 atom stereocenters. The van der Waals surface area contributed by atoms with E-state index < -0.39 is 0 Å². The molecule has 0 heterocycles. The zero-order chi connectivity index (χ0) is 18.9. The zero-order valence-electron chi connectivity index (χ0n) is 17.9. The van der Waals surface area contributed by atoms with Gasteiger partial charge in [0.05, 0.1) is 6.10 Å². The second kappa shape index (κ2) is 8.44. The van der Waals surface area contributed by atoms with Crippen LogP contribution in [0.3, 0.4) is 0 Å². The summed E-state index contributed by atoms with van der Waals surface area (Å²) in [6, 6.07) is 0. The van der Waals surface area contributed by atoms with E-state index in [1.54, 1.807) is 5.57 Å². The van der Waals surface area contributed by atoms with E-state index in [-0.39, 0.29) is 6.10 Å². The molecule has 27 heavy (non-hydrogen) atoms. The molecule has 152 valence electrons. The first-order valence-electron chi connectivity index (χ1n) is 12.2. The molecule has 1 N–H and O–H groups in total. The number of hydrogen-bond donors (Lipinski definition) is 1. The summed E-state index contributed by atoms with van der Waals surface area (Å²) < 4.78 is 0. The Balaban J connectivity index is 1.38. The Morgan fingerprint density at radius 2 is 1.81 bits per heavy atom. The van der Waals surface area contributed by atoms with Crippen molar-refractivity contribution in [2.75, 3.05) is 0 Å². The summed E-state index contributed by atoms with van der Waals surface area (Å²) in [5, 5.41) is 10.1. The van der Waals surface area contributed by atoms with Gasteiger partial charge in [-0.2, -0.15) is 0 Å². The lowest BCUT2D eigenvalue weighted by atomic mass is 9.58. The molecule has 1 heteroatoms. The van der Waals surface area contributed by atoms with E-state index in [0.717, 1.165) is 24.7 Å². The van der Waals surface area contributed by atoms with Gasteiger partial charge < -0.3 is 5.11 Å². The highest BCUT2D eigenvalue weighted by Crippen LogP contribution is 2.61. The molecule has 4 rings (SSSR count). The molecular formula is C26H42O. The third-order valence-corrected chi connectivity index (χ3v) is 8.92. The minimum atomic E-state index is -0.0725. The third-order valence-electron chi connectivity index (χ3n) is 8.92. The fourth-order valence-corrected chi connectivity index (χ4v) is 7.29. The summed E-state index contributed by atoms with van der Waals surface area (Å²) in [4.78, 5) is 0. The van der Waals surface area contributed by atoms with Crippen LogP contribution in [0.2, 0.25) is 0 Å². The average Bonchev–Trinajstić information content (AvgIpc) is 3.00. The van der Waals surface area contributed by atoms with Gasteiger partial charge in [0.1, 0.15) is 0 Å². The highest BCUT2D eigenvalue weighted by Gasteiger charge is 2.50. The molecule has 4 aliphatic rings. The van der Waals surface area contributed by atoms with Crippen LogP contribution in [0.15, 0.2) is 22.8 Å². The normalized spacial score (nSPS) is 38.3. The molecule has 0 bridgehead atoms. The first kappa shape index (κ1) is 19.7. The van der Waals surface area contributed by atoms with Crippen molar-refractivity contribution in [3.63, 3.8) is 0 Å². The Bertz CT molecular complexity index is 585. The lowest BCUT2D eigenvalue weighted by Crippen LogP contribution is -2.37. The van der Waals surface area contributed by atoms with Crippen LogP contribution in [0.4, 0.5) is 0 Å². The molecule has 0 aromatic rings. The second-order valence-corrected chi connectivity index (χ2v) is 10.4. The van der Waals surface area contributed by atoms with Crippen molar-refractivity contribution in [1.82, 2.24) is 0 Å². The number of hydrogen-bond acceptors (Lipinski definition) is 1. The van der Waals surface area contributed by atoms with Gasteiger partial charge in [0.15, 0.2) is 0 Å². The maximum absolute atomic E-state index is 10.1.